The number of ether oxygens (including phenoxy) is 1. The number of carboxylic acids is 2. The highest BCUT2D eigenvalue weighted by Crippen LogP contribution is 2.17. The van der Waals surface area contributed by atoms with Gasteiger partial charge in [-0.25, -0.2) is 9.59 Å². The fraction of sp³-hybridized carbons (Fsp3) is 0.286. The Balaban J connectivity index is 0.000000469. The van der Waals surface area contributed by atoms with Crippen molar-refractivity contribution >= 4 is 29.4 Å². The summed E-state index contributed by atoms with van der Waals surface area (Å²) in [5.74, 6) is -2.87. The van der Waals surface area contributed by atoms with Gasteiger partial charge in [-0.05, 0) is 35.9 Å². The Morgan fingerprint density at radius 2 is 1.57 bits per heavy atom. The van der Waals surface area contributed by atoms with Crippen molar-refractivity contribution in [3.05, 3.63) is 64.7 Å². The number of nitrogens with zero attached hydrogens (tertiary/aromatic N) is 2. The molecule has 2 N–H and O–H groups in total. The lowest BCUT2D eigenvalue weighted by Crippen LogP contribution is -2.48. The topological polar surface area (TPSA) is 107 Å². The van der Waals surface area contributed by atoms with E-state index >= 15 is 0 Å². The van der Waals surface area contributed by atoms with Crippen molar-refractivity contribution in [3.8, 4) is 5.75 Å². The van der Waals surface area contributed by atoms with E-state index < -0.39 is 11.9 Å². The summed E-state index contributed by atoms with van der Waals surface area (Å²) in [5.41, 5.74) is 1.92. The average Bonchev–Trinajstić information content (AvgIpc) is 2.76. The minimum Gasteiger partial charge on any atom is -0.497 e. The molecule has 0 atom stereocenters. The first-order valence-corrected chi connectivity index (χ1v) is 9.54. The van der Waals surface area contributed by atoms with Crippen molar-refractivity contribution in [3.63, 3.8) is 0 Å². The van der Waals surface area contributed by atoms with E-state index in [0.717, 1.165) is 37.7 Å². The number of carbonyl (C=O) groups excluding carboxylic acids is 1. The van der Waals surface area contributed by atoms with Crippen LogP contribution < -0.4 is 4.74 Å². The summed E-state index contributed by atoms with van der Waals surface area (Å²) in [6.45, 7) is 4.11. The molecule has 0 saturated carbocycles. The lowest BCUT2D eigenvalue weighted by molar-refractivity contribution is -0.159. The van der Waals surface area contributed by atoms with Crippen LogP contribution in [-0.4, -0.2) is 71.1 Å². The fourth-order valence-electron chi connectivity index (χ4n) is 2.90. The maximum absolute atomic E-state index is 12.6. The summed E-state index contributed by atoms with van der Waals surface area (Å²) in [7, 11) is 1.61. The molecule has 1 saturated heterocycles. The highest BCUT2D eigenvalue weighted by atomic mass is 35.5. The summed E-state index contributed by atoms with van der Waals surface area (Å²) in [4.78, 5) is 35.1. The standard InChI is InChI=1S/C19H21ClN2O2.C2H2O4/c1-24-18-4-2-3-16(13-18)19(23)22-11-9-21(10-12-22)14-15-5-7-17(20)8-6-15;3-1(4)2(5)6/h2-8,13H,9-12,14H2,1H3;(H,3,4)(H,5,6). The molecule has 0 spiro atoms. The monoisotopic (exact) mass is 434 g/mol. The Labute approximate surface area is 179 Å². The van der Waals surface area contributed by atoms with Gasteiger partial charge >= 0.3 is 11.9 Å². The Hall–Kier alpha value is -3.10. The number of halogens is 1. The van der Waals surface area contributed by atoms with Crippen LogP contribution in [0.2, 0.25) is 5.02 Å². The minimum atomic E-state index is -1.82. The van der Waals surface area contributed by atoms with Gasteiger partial charge in [0.15, 0.2) is 0 Å². The molecular weight excluding hydrogens is 412 g/mol. The van der Waals surface area contributed by atoms with Crippen molar-refractivity contribution in [2.24, 2.45) is 0 Å². The number of piperazine rings is 1. The summed E-state index contributed by atoms with van der Waals surface area (Å²) in [6, 6.07) is 15.3. The minimum absolute atomic E-state index is 0.0695. The van der Waals surface area contributed by atoms with E-state index in [1.807, 2.05) is 35.2 Å². The zero-order valence-electron chi connectivity index (χ0n) is 16.5. The van der Waals surface area contributed by atoms with Gasteiger partial charge in [-0.3, -0.25) is 9.69 Å². The predicted octanol–water partition coefficient (Wildman–Crippen LogP) is 2.46. The Bertz CT molecular complexity index is 867. The number of carbonyl (C=O) groups is 3. The van der Waals surface area contributed by atoms with Crippen LogP contribution in [0, 0.1) is 0 Å². The number of hydrogen-bond donors (Lipinski definition) is 2. The van der Waals surface area contributed by atoms with Gasteiger partial charge in [-0.15, -0.1) is 0 Å². The Morgan fingerprint density at radius 1 is 0.967 bits per heavy atom. The molecule has 1 fully saturated rings. The number of amides is 1. The molecule has 0 aliphatic carbocycles. The van der Waals surface area contributed by atoms with Crippen LogP contribution in [0.4, 0.5) is 0 Å². The summed E-state index contributed by atoms with van der Waals surface area (Å²) in [6.07, 6.45) is 0. The zero-order valence-corrected chi connectivity index (χ0v) is 17.2. The normalized spacial score (nSPS) is 13.7. The van der Waals surface area contributed by atoms with Crippen LogP contribution in [0.25, 0.3) is 0 Å². The number of carboxylic acid groups (broad SMARTS) is 2. The van der Waals surface area contributed by atoms with Crippen molar-refractivity contribution in [1.82, 2.24) is 9.80 Å². The van der Waals surface area contributed by atoms with Crippen molar-refractivity contribution in [2.45, 2.75) is 6.54 Å². The van der Waals surface area contributed by atoms with E-state index in [2.05, 4.69) is 17.0 Å². The van der Waals surface area contributed by atoms with Gasteiger partial charge in [0.2, 0.25) is 0 Å². The van der Waals surface area contributed by atoms with Crippen molar-refractivity contribution < 1.29 is 29.3 Å². The quantitative estimate of drug-likeness (QED) is 0.711. The summed E-state index contributed by atoms with van der Waals surface area (Å²) >= 11 is 5.92. The highest BCUT2D eigenvalue weighted by Gasteiger charge is 2.22. The maximum Gasteiger partial charge on any atom is 0.414 e. The van der Waals surface area contributed by atoms with Crippen LogP contribution in [0.15, 0.2) is 48.5 Å². The smallest absolute Gasteiger partial charge is 0.414 e. The number of rotatable bonds is 4. The third-order valence-corrected chi connectivity index (χ3v) is 4.73. The van der Waals surface area contributed by atoms with Gasteiger partial charge in [0, 0.05) is 43.3 Å². The maximum atomic E-state index is 12.6. The number of aliphatic carboxylic acids is 2. The summed E-state index contributed by atoms with van der Waals surface area (Å²) < 4.78 is 5.20. The highest BCUT2D eigenvalue weighted by molar-refractivity contribution is 6.30. The third-order valence-electron chi connectivity index (χ3n) is 4.48. The Morgan fingerprint density at radius 3 is 2.10 bits per heavy atom. The van der Waals surface area contributed by atoms with E-state index in [0.29, 0.717) is 11.3 Å². The molecule has 160 valence electrons. The molecule has 1 heterocycles. The molecule has 9 heteroatoms. The van der Waals surface area contributed by atoms with E-state index in [1.54, 1.807) is 13.2 Å². The second-order valence-corrected chi connectivity index (χ2v) is 6.97. The van der Waals surface area contributed by atoms with E-state index in [4.69, 9.17) is 36.1 Å². The molecule has 2 aromatic rings. The first kappa shape index (κ1) is 23.2. The SMILES string of the molecule is COc1cccc(C(=O)N2CCN(Cc3ccc(Cl)cc3)CC2)c1.O=C(O)C(=O)O. The van der Waals surface area contributed by atoms with E-state index in [1.165, 1.54) is 5.56 Å². The second-order valence-electron chi connectivity index (χ2n) is 6.54. The molecule has 1 amide bonds. The van der Waals surface area contributed by atoms with Crippen LogP contribution in [-0.2, 0) is 16.1 Å². The van der Waals surface area contributed by atoms with Gasteiger partial charge < -0.3 is 19.8 Å². The first-order chi connectivity index (χ1) is 14.3. The molecule has 2 aromatic carbocycles. The number of methoxy groups -OCH3 is 1. The molecule has 1 aliphatic heterocycles. The van der Waals surface area contributed by atoms with Crippen LogP contribution in [0.5, 0.6) is 5.75 Å². The molecule has 30 heavy (non-hydrogen) atoms. The largest absolute Gasteiger partial charge is 0.497 e. The van der Waals surface area contributed by atoms with Gasteiger partial charge in [-0.1, -0.05) is 29.8 Å². The molecule has 8 nitrogen and oxygen atoms in total. The second kappa shape index (κ2) is 11.2. The first-order valence-electron chi connectivity index (χ1n) is 9.16. The number of hydrogen-bond acceptors (Lipinski definition) is 5. The van der Waals surface area contributed by atoms with Crippen LogP contribution >= 0.6 is 11.6 Å². The molecule has 0 bridgehead atoms. The molecule has 0 aromatic heterocycles. The fourth-order valence-corrected chi connectivity index (χ4v) is 3.02. The predicted molar refractivity (Wildman–Crippen MR) is 111 cm³/mol. The van der Waals surface area contributed by atoms with Gasteiger partial charge in [-0.2, -0.15) is 0 Å². The third kappa shape index (κ3) is 7.06. The molecule has 3 rings (SSSR count). The van der Waals surface area contributed by atoms with E-state index in [-0.39, 0.29) is 5.91 Å². The molecule has 0 radical (unpaired) electrons. The van der Waals surface area contributed by atoms with E-state index in [9.17, 15) is 4.79 Å². The van der Waals surface area contributed by atoms with Gasteiger partial charge in [0.25, 0.3) is 5.91 Å². The van der Waals surface area contributed by atoms with Gasteiger partial charge in [0.1, 0.15) is 5.75 Å². The lowest BCUT2D eigenvalue weighted by Gasteiger charge is -2.34. The Kier molecular flexibility index (Phi) is 8.64. The van der Waals surface area contributed by atoms with Crippen LogP contribution in [0.3, 0.4) is 0 Å². The van der Waals surface area contributed by atoms with Crippen molar-refractivity contribution in [1.29, 1.82) is 0 Å². The number of benzene rings is 2. The van der Waals surface area contributed by atoms with Crippen LogP contribution in [0.1, 0.15) is 15.9 Å². The average molecular weight is 435 g/mol. The molecular formula is C21H23ClN2O6. The molecule has 0 unspecified atom stereocenters. The zero-order chi connectivity index (χ0) is 22.1. The van der Waals surface area contributed by atoms with Gasteiger partial charge in [0.05, 0.1) is 7.11 Å². The summed E-state index contributed by atoms with van der Waals surface area (Å²) in [5, 5.41) is 15.5. The molecule has 1 aliphatic rings. The van der Waals surface area contributed by atoms with Crippen molar-refractivity contribution in [2.75, 3.05) is 33.3 Å². The lowest BCUT2D eigenvalue weighted by atomic mass is 10.1.